The van der Waals surface area contributed by atoms with Crippen molar-refractivity contribution in [1.82, 2.24) is 0 Å². The first-order valence-corrected chi connectivity index (χ1v) is 4.57. The first-order chi connectivity index (χ1) is 5.83. The number of hydrogen-bond donors (Lipinski definition) is 0. The van der Waals surface area contributed by atoms with Crippen molar-refractivity contribution in [1.29, 1.82) is 0 Å². The predicted molar refractivity (Wildman–Crippen MR) is 49.7 cm³/mol. The summed E-state index contributed by atoms with van der Waals surface area (Å²) in [5.41, 5.74) is 4.12. The largest absolute Gasteiger partial charge is 0.493 e. The van der Waals surface area contributed by atoms with Gasteiger partial charge in [-0.1, -0.05) is 19.1 Å². The van der Waals surface area contributed by atoms with E-state index in [2.05, 4.69) is 26.0 Å². The molecular weight excluding hydrogens is 148 g/mol. The van der Waals surface area contributed by atoms with Gasteiger partial charge in [0.25, 0.3) is 0 Å². The molecule has 64 valence electrons. The minimum absolute atomic E-state index is 0.790. The molecule has 0 aromatic heterocycles. The van der Waals surface area contributed by atoms with Crippen molar-refractivity contribution < 1.29 is 4.74 Å². The zero-order valence-electron chi connectivity index (χ0n) is 7.68. The summed E-state index contributed by atoms with van der Waals surface area (Å²) >= 11 is 0. The lowest BCUT2D eigenvalue weighted by atomic mass is 10.0. The molecule has 0 saturated carbocycles. The van der Waals surface area contributed by atoms with Crippen molar-refractivity contribution in [3.05, 3.63) is 34.6 Å². The first-order valence-electron chi connectivity index (χ1n) is 4.57. The van der Waals surface area contributed by atoms with E-state index in [0.717, 1.165) is 13.0 Å². The molecule has 0 bridgehead atoms. The average Bonchev–Trinajstić information content (AvgIpc) is 2.58. The maximum atomic E-state index is 5.60. The van der Waals surface area contributed by atoms with E-state index in [0.29, 0.717) is 0 Å². The molecule has 1 heterocycles. The van der Waals surface area contributed by atoms with Crippen molar-refractivity contribution in [2.45, 2.75) is 26.7 Å². The van der Waals surface area contributed by atoms with Gasteiger partial charge < -0.3 is 4.74 Å². The van der Waals surface area contributed by atoms with Crippen LogP contribution in [0, 0.1) is 0 Å². The SMILES string of the molecule is CCCC1=C2C(C)=CC=C2CO1. The van der Waals surface area contributed by atoms with Crippen molar-refractivity contribution in [3.63, 3.8) is 0 Å². The molecule has 0 aromatic rings. The number of hydrogen-bond acceptors (Lipinski definition) is 1. The van der Waals surface area contributed by atoms with E-state index < -0.39 is 0 Å². The fraction of sp³-hybridized carbons (Fsp3) is 0.455. The molecule has 0 aromatic carbocycles. The molecule has 2 aliphatic rings. The number of fused-ring (bicyclic) bond motifs is 1. The van der Waals surface area contributed by atoms with Crippen LogP contribution in [0.15, 0.2) is 34.6 Å². The smallest absolute Gasteiger partial charge is 0.114 e. The Balaban J connectivity index is 2.32. The van der Waals surface area contributed by atoms with E-state index in [1.54, 1.807) is 0 Å². The minimum Gasteiger partial charge on any atom is -0.493 e. The molecule has 1 aliphatic heterocycles. The van der Waals surface area contributed by atoms with E-state index in [-0.39, 0.29) is 0 Å². The number of rotatable bonds is 2. The first kappa shape index (κ1) is 7.66. The molecule has 0 radical (unpaired) electrons. The summed E-state index contributed by atoms with van der Waals surface area (Å²) in [7, 11) is 0. The second-order valence-corrected chi connectivity index (χ2v) is 3.38. The molecule has 0 atom stereocenters. The van der Waals surface area contributed by atoms with Crippen molar-refractivity contribution >= 4 is 0 Å². The van der Waals surface area contributed by atoms with E-state index in [1.165, 1.54) is 28.9 Å². The highest BCUT2D eigenvalue weighted by atomic mass is 16.5. The summed E-state index contributed by atoms with van der Waals surface area (Å²) in [5.74, 6) is 1.20. The van der Waals surface area contributed by atoms with E-state index in [9.17, 15) is 0 Å². The van der Waals surface area contributed by atoms with Gasteiger partial charge in [0.05, 0.1) is 0 Å². The molecule has 1 aliphatic carbocycles. The second kappa shape index (κ2) is 2.81. The van der Waals surface area contributed by atoms with Gasteiger partial charge in [-0.05, 0) is 18.9 Å². The summed E-state index contributed by atoms with van der Waals surface area (Å²) in [6, 6.07) is 0. The van der Waals surface area contributed by atoms with Gasteiger partial charge >= 0.3 is 0 Å². The Hall–Kier alpha value is -0.980. The van der Waals surface area contributed by atoms with E-state index in [1.807, 2.05) is 0 Å². The van der Waals surface area contributed by atoms with Crippen LogP contribution in [0.25, 0.3) is 0 Å². The Morgan fingerprint density at radius 2 is 2.25 bits per heavy atom. The third kappa shape index (κ3) is 1.01. The van der Waals surface area contributed by atoms with Crippen LogP contribution in [0.2, 0.25) is 0 Å². The van der Waals surface area contributed by atoms with Gasteiger partial charge in [0.1, 0.15) is 12.4 Å². The van der Waals surface area contributed by atoms with Crippen molar-refractivity contribution in [3.8, 4) is 0 Å². The molecule has 1 nitrogen and oxygen atoms in total. The van der Waals surface area contributed by atoms with Gasteiger partial charge in [-0.15, -0.1) is 0 Å². The van der Waals surface area contributed by atoms with Crippen LogP contribution in [-0.4, -0.2) is 6.61 Å². The van der Waals surface area contributed by atoms with Crippen LogP contribution in [0.5, 0.6) is 0 Å². The van der Waals surface area contributed by atoms with Gasteiger partial charge in [-0.2, -0.15) is 0 Å². The van der Waals surface area contributed by atoms with Crippen LogP contribution in [0.3, 0.4) is 0 Å². The summed E-state index contributed by atoms with van der Waals surface area (Å²) in [4.78, 5) is 0. The predicted octanol–water partition coefficient (Wildman–Crippen LogP) is 2.96. The Kier molecular flexibility index (Phi) is 1.80. The minimum atomic E-state index is 0.790. The van der Waals surface area contributed by atoms with Gasteiger partial charge in [0.2, 0.25) is 0 Å². The average molecular weight is 162 g/mol. The third-order valence-electron chi connectivity index (χ3n) is 2.41. The van der Waals surface area contributed by atoms with E-state index >= 15 is 0 Å². The number of allylic oxidation sites excluding steroid dienone is 4. The van der Waals surface area contributed by atoms with Gasteiger partial charge in [0, 0.05) is 17.6 Å². The van der Waals surface area contributed by atoms with Gasteiger partial charge in [-0.25, -0.2) is 0 Å². The lowest BCUT2D eigenvalue weighted by molar-refractivity contribution is 0.248. The molecule has 12 heavy (non-hydrogen) atoms. The van der Waals surface area contributed by atoms with Crippen LogP contribution in [-0.2, 0) is 4.74 Å². The summed E-state index contributed by atoms with van der Waals surface area (Å²) in [5, 5.41) is 0. The third-order valence-corrected chi connectivity index (χ3v) is 2.41. The Bertz CT molecular complexity index is 292. The Labute approximate surface area is 73.4 Å². The van der Waals surface area contributed by atoms with Crippen LogP contribution < -0.4 is 0 Å². The van der Waals surface area contributed by atoms with Crippen molar-refractivity contribution in [2.24, 2.45) is 0 Å². The number of ether oxygens (including phenoxy) is 1. The lowest BCUT2D eigenvalue weighted by Gasteiger charge is -2.02. The van der Waals surface area contributed by atoms with E-state index in [4.69, 9.17) is 4.74 Å². The van der Waals surface area contributed by atoms with Crippen LogP contribution in [0.1, 0.15) is 26.7 Å². The fourth-order valence-corrected chi connectivity index (χ4v) is 1.83. The normalized spacial score (nSPS) is 20.5. The van der Waals surface area contributed by atoms with Gasteiger partial charge in [-0.3, -0.25) is 0 Å². The Morgan fingerprint density at radius 1 is 1.42 bits per heavy atom. The maximum Gasteiger partial charge on any atom is 0.114 e. The zero-order valence-corrected chi connectivity index (χ0v) is 7.68. The molecule has 1 heteroatoms. The summed E-state index contributed by atoms with van der Waals surface area (Å²) < 4.78 is 5.60. The lowest BCUT2D eigenvalue weighted by Crippen LogP contribution is -1.86. The fourth-order valence-electron chi connectivity index (χ4n) is 1.83. The van der Waals surface area contributed by atoms with Crippen LogP contribution >= 0.6 is 0 Å². The zero-order chi connectivity index (χ0) is 8.55. The molecule has 2 rings (SSSR count). The highest BCUT2D eigenvalue weighted by Crippen LogP contribution is 2.36. The highest BCUT2D eigenvalue weighted by Gasteiger charge is 2.23. The Morgan fingerprint density at radius 3 is 3.00 bits per heavy atom. The topological polar surface area (TPSA) is 9.23 Å². The molecule has 0 unspecified atom stereocenters. The maximum absolute atomic E-state index is 5.60. The monoisotopic (exact) mass is 162 g/mol. The standard InChI is InChI=1S/C11H14O/c1-3-4-10-11-8(2)5-6-9(11)7-12-10/h5-6H,3-4,7H2,1-2H3. The molecule has 0 amide bonds. The van der Waals surface area contributed by atoms with Gasteiger partial charge in [0.15, 0.2) is 0 Å². The second-order valence-electron chi connectivity index (χ2n) is 3.38. The quantitative estimate of drug-likeness (QED) is 0.606. The molecule has 0 N–H and O–H groups in total. The molecular formula is C11H14O. The summed E-state index contributed by atoms with van der Waals surface area (Å²) in [6.45, 7) is 5.13. The highest BCUT2D eigenvalue weighted by molar-refractivity contribution is 5.57. The molecule has 0 fully saturated rings. The van der Waals surface area contributed by atoms with Crippen molar-refractivity contribution in [2.75, 3.05) is 6.61 Å². The molecule has 0 saturated heterocycles. The molecule has 0 spiro atoms. The summed E-state index contributed by atoms with van der Waals surface area (Å²) in [6.07, 6.45) is 6.60. The van der Waals surface area contributed by atoms with Crippen LogP contribution in [0.4, 0.5) is 0 Å².